The van der Waals surface area contributed by atoms with Gasteiger partial charge in [-0.15, -0.1) is 5.10 Å². The van der Waals surface area contributed by atoms with Gasteiger partial charge in [0.1, 0.15) is 4.60 Å². The zero-order valence-electron chi connectivity index (χ0n) is 5.92. The molecule has 1 aromatic heterocycles. The molecule has 0 aliphatic rings. The van der Waals surface area contributed by atoms with Crippen LogP contribution in [-0.2, 0) is 11.3 Å². The summed E-state index contributed by atoms with van der Waals surface area (Å²) in [5.41, 5.74) is 0. The second-order valence-electron chi connectivity index (χ2n) is 1.89. The van der Waals surface area contributed by atoms with Crippen molar-refractivity contribution < 1.29 is 4.74 Å². The summed E-state index contributed by atoms with van der Waals surface area (Å²) in [6.45, 7) is 1.34. The molecule has 62 valence electrons. The molecule has 0 aliphatic heterocycles. The minimum atomic E-state index is 0.633. The third kappa shape index (κ3) is 2.25. The first kappa shape index (κ1) is 9.15. The maximum absolute atomic E-state index is 4.89. The van der Waals surface area contributed by atoms with Gasteiger partial charge in [-0.05, 0) is 31.9 Å². The number of ether oxygens (including phenoxy) is 1. The molecule has 0 amide bonds. The summed E-state index contributed by atoms with van der Waals surface area (Å²) in [6.07, 6.45) is 0. The van der Waals surface area contributed by atoms with Crippen molar-refractivity contribution in [1.82, 2.24) is 15.0 Å². The maximum atomic E-state index is 4.89. The van der Waals surface area contributed by atoms with Gasteiger partial charge < -0.3 is 4.74 Å². The van der Waals surface area contributed by atoms with Crippen LogP contribution in [0.25, 0.3) is 0 Å². The number of methoxy groups -OCH3 is 1. The quantitative estimate of drug-likeness (QED) is 0.843. The van der Waals surface area contributed by atoms with Gasteiger partial charge in [-0.25, -0.2) is 4.68 Å². The molecule has 1 heterocycles. The molecule has 6 heteroatoms. The van der Waals surface area contributed by atoms with Crippen LogP contribution in [-0.4, -0.2) is 28.7 Å². The highest BCUT2D eigenvalue weighted by atomic mass is 79.9. The van der Waals surface area contributed by atoms with Crippen LogP contribution in [0.3, 0.4) is 0 Å². The van der Waals surface area contributed by atoms with Gasteiger partial charge in [-0.2, -0.15) is 0 Å². The highest BCUT2D eigenvalue weighted by Gasteiger charge is 2.05. The lowest BCUT2D eigenvalue weighted by Gasteiger charge is -1.98. The van der Waals surface area contributed by atoms with Gasteiger partial charge in [0.25, 0.3) is 0 Å². The van der Waals surface area contributed by atoms with Gasteiger partial charge >= 0.3 is 0 Å². The monoisotopic (exact) mass is 283 g/mol. The second kappa shape index (κ2) is 4.18. The van der Waals surface area contributed by atoms with E-state index in [-0.39, 0.29) is 0 Å². The lowest BCUT2D eigenvalue weighted by Crippen LogP contribution is -2.05. The molecule has 11 heavy (non-hydrogen) atoms. The molecule has 0 saturated heterocycles. The molecule has 1 aromatic rings. The Morgan fingerprint density at radius 1 is 1.55 bits per heavy atom. The molecule has 0 bridgehead atoms. The summed E-state index contributed by atoms with van der Waals surface area (Å²) >= 11 is 6.54. The number of nitrogens with zero attached hydrogens (tertiary/aromatic N) is 3. The van der Waals surface area contributed by atoms with Crippen LogP contribution in [0.5, 0.6) is 0 Å². The Bertz CT molecular complexity index is 238. The van der Waals surface area contributed by atoms with Crippen molar-refractivity contribution in [3.8, 4) is 0 Å². The summed E-state index contributed by atoms with van der Waals surface area (Å²) in [7, 11) is 1.65. The average Bonchev–Trinajstić information content (AvgIpc) is 2.31. The van der Waals surface area contributed by atoms with Crippen LogP contribution in [0.2, 0.25) is 0 Å². The first-order chi connectivity index (χ1) is 5.25. The predicted octanol–water partition coefficient (Wildman–Crippen LogP) is 1.45. The van der Waals surface area contributed by atoms with Crippen LogP contribution in [0.15, 0.2) is 9.21 Å². The second-order valence-corrected chi connectivity index (χ2v) is 3.39. The van der Waals surface area contributed by atoms with Crippen molar-refractivity contribution in [2.75, 3.05) is 13.7 Å². The van der Waals surface area contributed by atoms with Crippen LogP contribution in [0, 0.1) is 0 Å². The molecule has 1 rings (SSSR count). The normalized spacial score (nSPS) is 10.5. The largest absolute Gasteiger partial charge is 0.383 e. The summed E-state index contributed by atoms with van der Waals surface area (Å²) in [6, 6.07) is 0. The number of aromatic nitrogens is 3. The maximum Gasteiger partial charge on any atom is 0.162 e. The fourth-order valence-corrected chi connectivity index (χ4v) is 1.20. The van der Waals surface area contributed by atoms with E-state index in [0.29, 0.717) is 17.8 Å². The van der Waals surface area contributed by atoms with E-state index in [4.69, 9.17) is 4.74 Å². The smallest absolute Gasteiger partial charge is 0.162 e. The van der Waals surface area contributed by atoms with Crippen LogP contribution >= 0.6 is 31.9 Å². The fourth-order valence-electron chi connectivity index (χ4n) is 0.601. The van der Waals surface area contributed by atoms with E-state index in [9.17, 15) is 0 Å². The van der Waals surface area contributed by atoms with Crippen molar-refractivity contribution >= 4 is 31.9 Å². The van der Waals surface area contributed by atoms with Crippen molar-refractivity contribution in [2.45, 2.75) is 6.54 Å². The summed E-state index contributed by atoms with van der Waals surface area (Å²) in [4.78, 5) is 0. The van der Waals surface area contributed by atoms with Crippen LogP contribution in [0.4, 0.5) is 0 Å². The Morgan fingerprint density at radius 2 is 2.27 bits per heavy atom. The molecule has 0 spiro atoms. The first-order valence-corrected chi connectivity index (χ1v) is 4.57. The van der Waals surface area contributed by atoms with E-state index in [1.54, 1.807) is 11.8 Å². The summed E-state index contributed by atoms with van der Waals surface area (Å²) in [5.74, 6) is 0. The van der Waals surface area contributed by atoms with Crippen molar-refractivity contribution in [3.05, 3.63) is 9.21 Å². The van der Waals surface area contributed by atoms with Crippen molar-refractivity contribution in [2.24, 2.45) is 0 Å². The van der Waals surface area contributed by atoms with Gasteiger partial charge in [0.15, 0.2) is 4.60 Å². The fraction of sp³-hybridized carbons (Fsp3) is 0.600. The van der Waals surface area contributed by atoms with E-state index in [0.717, 1.165) is 4.60 Å². The van der Waals surface area contributed by atoms with Gasteiger partial charge in [0.2, 0.25) is 0 Å². The molecule has 0 fully saturated rings. The first-order valence-electron chi connectivity index (χ1n) is 2.99. The zero-order valence-corrected chi connectivity index (χ0v) is 9.09. The molecule has 0 radical (unpaired) electrons. The minimum Gasteiger partial charge on any atom is -0.383 e. The van der Waals surface area contributed by atoms with Crippen molar-refractivity contribution in [1.29, 1.82) is 0 Å². The van der Waals surface area contributed by atoms with E-state index < -0.39 is 0 Å². The van der Waals surface area contributed by atoms with Crippen molar-refractivity contribution in [3.63, 3.8) is 0 Å². The van der Waals surface area contributed by atoms with E-state index in [2.05, 4.69) is 42.2 Å². The van der Waals surface area contributed by atoms with Crippen LogP contribution in [0.1, 0.15) is 0 Å². The van der Waals surface area contributed by atoms with Gasteiger partial charge in [0, 0.05) is 7.11 Å². The third-order valence-corrected chi connectivity index (χ3v) is 3.00. The Labute approximate surface area is 81.2 Å². The van der Waals surface area contributed by atoms with Gasteiger partial charge in [0.05, 0.1) is 13.2 Å². The Hall–Kier alpha value is 0.0600. The number of rotatable bonds is 3. The predicted molar refractivity (Wildman–Crippen MR) is 47.3 cm³/mol. The molecular weight excluding hydrogens is 278 g/mol. The molecule has 0 aliphatic carbocycles. The minimum absolute atomic E-state index is 0.633. The Morgan fingerprint density at radius 3 is 2.73 bits per heavy atom. The van der Waals surface area contributed by atoms with Gasteiger partial charge in [-0.1, -0.05) is 5.21 Å². The summed E-state index contributed by atoms with van der Waals surface area (Å²) in [5, 5.41) is 7.64. The molecule has 4 nitrogen and oxygen atoms in total. The molecular formula is C5H7Br2N3O. The topological polar surface area (TPSA) is 39.9 Å². The standard InChI is InChI=1S/C5H7Br2N3O/c1-11-3-2-10-5(7)4(6)8-9-10/h2-3H2,1H3. The average molecular weight is 285 g/mol. The lowest BCUT2D eigenvalue weighted by molar-refractivity contribution is 0.182. The molecule has 0 atom stereocenters. The number of halogens is 2. The van der Waals surface area contributed by atoms with E-state index in [1.807, 2.05) is 0 Å². The lowest BCUT2D eigenvalue weighted by atomic mass is 10.7. The molecule has 0 unspecified atom stereocenters. The van der Waals surface area contributed by atoms with Crippen LogP contribution < -0.4 is 0 Å². The Kier molecular flexibility index (Phi) is 3.47. The molecule has 0 N–H and O–H groups in total. The number of hydrogen-bond acceptors (Lipinski definition) is 3. The Balaban J connectivity index is 2.63. The third-order valence-electron chi connectivity index (χ3n) is 1.14. The van der Waals surface area contributed by atoms with E-state index >= 15 is 0 Å². The van der Waals surface area contributed by atoms with E-state index in [1.165, 1.54) is 0 Å². The summed E-state index contributed by atoms with van der Waals surface area (Å²) < 4.78 is 8.16. The highest BCUT2D eigenvalue weighted by molar-refractivity contribution is 9.13. The highest BCUT2D eigenvalue weighted by Crippen LogP contribution is 2.18. The zero-order chi connectivity index (χ0) is 8.27. The molecule has 0 aromatic carbocycles. The molecule has 0 saturated carbocycles. The number of hydrogen-bond donors (Lipinski definition) is 0. The van der Waals surface area contributed by atoms with Gasteiger partial charge in [-0.3, -0.25) is 0 Å². The SMILES string of the molecule is COCCn1nnc(Br)c1Br.